The van der Waals surface area contributed by atoms with Crippen LogP contribution in [0.1, 0.15) is 17.4 Å². The van der Waals surface area contributed by atoms with Crippen LogP contribution in [-0.4, -0.2) is 19.8 Å². The van der Waals surface area contributed by atoms with Gasteiger partial charge >= 0.3 is 0 Å². The Morgan fingerprint density at radius 2 is 2.50 bits per heavy atom. The van der Waals surface area contributed by atoms with Crippen LogP contribution in [0.2, 0.25) is 0 Å². The van der Waals surface area contributed by atoms with E-state index in [1.54, 1.807) is 18.4 Å². The van der Waals surface area contributed by atoms with E-state index in [1.807, 2.05) is 11.4 Å². The van der Waals surface area contributed by atoms with E-state index in [0.717, 1.165) is 12.1 Å². The lowest BCUT2D eigenvalue weighted by atomic mass is 10.3. The third-order valence-corrected chi connectivity index (χ3v) is 2.76. The highest BCUT2D eigenvalue weighted by atomic mass is 32.1. The summed E-state index contributed by atoms with van der Waals surface area (Å²) in [6, 6.07) is 4.37. The highest BCUT2D eigenvalue weighted by Crippen LogP contribution is 2.13. The number of ether oxygens (including phenoxy) is 1. The van der Waals surface area contributed by atoms with E-state index in [0.29, 0.717) is 12.6 Å². The molecule has 0 aromatic carbocycles. The van der Waals surface area contributed by atoms with E-state index in [4.69, 9.17) is 10.00 Å². The van der Waals surface area contributed by atoms with Crippen LogP contribution in [0.15, 0.2) is 11.4 Å². The maximum absolute atomic E-state index is 8.63. The van der Waals surface area contributed by atoms with Gasteiger partial charge in [-0.1, -0.05) is 0 Å². The summed E-state index contributed by atoms with van der Waals surface area (Å²) in [7, 11) is 1.69. The third-order valence-electron chi connectivity index (χ3n) is 1.82. The van der Waals surface area contributed by atoms with Crippen molar-refractivity contribution in [1.29, 1.82) is 5.26 Å². The highest BCUT2D eigenvalue weighted by molar-refractivity contribution is 7.10. The molecule has 3 nitrogen and oxygen atoms in total. The van der Waals surface area contributed by atoms with Crippen LogP contribution in [0.25, 0.3) is 0 Å². The first-order valence-electron chi connectivity index (χ1n) is 4.46. The predicted molar refractivity (Wildman–Crippen MR) is 57.2 cm³/mol. The molecule has 1 atom stereocenters. The zero-order valence-corrected chi connectivity index (χ0v) is 9.23. The summed E-state index contributed by atoms with van der Waals surface area (Å²) in [5, 5.41) is 13.8. The minimum absolute atomic E-state index is 0.340. The molecular weight excluding hydrogens is 196 g/mol. The van der Waals surface area contributed by atoms with Crippen molar-refractivity contribution in [2.45, 2.75) is 19.5 Å². The van der Waals surface area contributed by atoms with Crippen molar-refractivity contribution in [2.75, 3.05) is 13.7 Å². The Morgan fingerprint density at radius 1 is 1.71 bits per heavy atom. The van der Waals surface area contributed by atoms with Crippen LogP contribution in [0.3, 0.4) is 0 Å². The molecule has 1 heterocycles. The molecule has 1 N–H and O–H groups in total. The summed E-state index contributed by atoms with van der Waals surface area (Å²) in [5.74, 6) is 0. The van der Waals surface area contributed by atoms with Crippen LogP contribution < -0.4 is 5.32 Å². The number of hydrogen-bond donors (Lipinski definition) is 1. The number of rotatable bonds is 5. The molecule has 4 heteroatoms. The van der Waals surface area contributed by atoms with Gasteiger partial charge in [0.05, 0.1) is 12.2 Å². The molecule has 0 bridgehead atoms. The number of nitriles is 1. The van der Waals surface area contributed by atoms with Gasteiger partial charge in [-0.2, -0.15) is 5.26 Å². The molecule has 1 unspecified atom stereocenters. The van der Waals surface area contributed by atoms with Crippen LogP contribution in [0.5, 0.6) is 0 Å². The Hall–Kier alpha value is -0.890. The van der Waals surface area contributed by atoms with Gasteiger partial charge in [-0.05, 0) is 13.0 Å². The van der Waals surface area contributed by atoms with E-state index in [-0.39, 0.29) is 0 Å². The van der Waals surface area contributed by atoms with Crippen molar-refractivity contribution in [2.24, 2.45) is 0 Å². The van der Waals surface area contributed by atoms with Crippen molar-refractivity contribution in [3.8, 4) is 6.07 Å². The molecule has 0 saturated heterocycles. The maximum atomic E-state index is 8.63. The standard InChI is InChI=1S/C10H14N2OS/c1-8(6-13-2)12-5-10-3-9(4-11)7-14-10/h3,7-8,12H,5-6H2,1-2H3. The van der Waals surface area contributed by atoms with E-state index < -0.39 is 0 Å². The number of hydrogen-bond acceptors (Lipinski definition) is 4. The molecule has 0 amide bonds. The number of nitrogens with zero attached hydrogens (tertiary/aromatic N) is 1. The van der Waals surface area contributed by atoms with Gasteiger partial charge in [0.1, 0.15) is 6.07 Å². The molecular formula is C10H14N2OS. The molecule has 1 aromatic heterocycles. The van der Waals surface area contributed by atoms with Crippen molar-refractivity contribution in [3.05, 3.63) is 21.9 Å². The van der Waals surface area contributed by atoms with Crippen molar-refractivity contribution in [1.82, 2.24) is 5.32 Å². The van der Waals surface area contributed by atoms with Gasteiger partial charge < -0.3 is 10.1 Å². The van der Waals surface area contributed by atoms with Gasteiger partial charge in [0.15, 0.2) is 0 Å². The summed E-state index contributed by atoms with van der Waals surface area (Å²) in [6.45, 7) is 3.58. The maximum Gasteiger partial charge on any atom is 0.100 e. The van der Waals surface area contributed by atoms with Gasteiger partial charge in [-0.3, -0.25) is 0 Å². The Bertz CT molecular complexity index is 316. The summed E-state index contributed by atoms with van der Waals surface area (Å²) in [4.78, 5) is 1.18. The number of methoxy groups -OCH3 is 1. The van der Waals surface area contributed by atoms with Crippen LogP contribution in [-0.2, 0) is 11.3 Å². The van der Waals surface area contributed by atoms with Crippen molar-refractivity contribution < 1.29 is 4.74 Å². The lowest BCUT2D eigenvalue weighted by Gasteiger charge is -2.11. The SMILES string of the molecule is COCC(C)NCc1cc(C#N)cs1. The highest BCUT2D eigenvalue weighted by Gasteiger charge is 2.02. The molecule has 1 aromatic rings. The molecule has 0 fully saturated rings. The quantitative estimate of drug-likeness (QED) is 0.805. The first-order chi connectivity index (χ1) is 6.76. The smallest absolute Gasteiger partial charge is 0.100 e. The Kier molecular flexibility index (Phi) is 4.60. The van der Waals surface area contributed by atoms with Gasteiger partial charge in [0, 0.05) is 30.0 Å². The van der Waals surface area contributed by atoms with Gasteiger partial charge in [-0.15, -0.1) is 11.3 Å². The summed E-state index contributed by atoms with van der Waals surface area (Å²) in [6.07, 6.45) is 0. The lowest BCUT2D eigenvalue weighted by molar-refractivity contribution is 0.172. The Balaban J connectivity index is 2.35. The second-order valence-corrected chi connectivity index (χ2v) is 4.15. The summed E-state index contributed by atoms with van der Waals surface area (Å²) >= 11 is 1.61. The summed E-state index contributed by atoms with van der Waals surface area (Å²) < 4.78 is 5.01. The zero-order valence-electron chi connectivity index (χ0n) is 8.41. The van der Waals surface area contributed by atoms with Gasteiger partial charge in [0.25, 0.3) is 0 Å². The minimum atomic E-state index is 0.340. The molecule has 0 spiro atoms. The molecule has 76 valence electrons. The molecule has 0 aliphatic heterocycles. The van der Waals surface area contributed by atoms with Gasteiger partial charge in [-0.25, -0.2) is 0 Å². The first-order valence-corrected chi connectivity index (χ1v) is 5.34. The fraction of sp³-hybridized carbons (Fsp3) is 0.500. The topological polar surface area (TPSA) is 45.0 Å². The molecule has 0 saturated carbocycles. The molecule has 14 heavy (non-hydrogen) atoms. The average Bonchev–Trinajstić information content (AvgIpc) is 2.63. The fourth-order valence-corrected chi connectivity index (χ4v) is 1.88. The summed E-state index contributed by atoms with van der Waals surface area (Å²) in [5.41, 5.74) is 0.742. The molecule has 0 aliphatic rings. The first kappa shape index (κ1) is 11.2. The lowest BCUT2D eigenvalue weighted by Crippen LogP contribution is -2.29. The monoisotopic (exact) mass is 210 g/mol. The second-order valence-electron chi connectivity index (χ2n) is 3.15. The third kappa shape index (κ3) is 3.46. The van der Waals surface area contributed by atoms with E-state index in [9.17, 15) is 0 Å². The number of thiophene rings is 1. The second kappa shape index (κ2) is 5.76. The minimum Gasteiger partial charge on any atom is -0.383 e. The van der Waals surface area contributed by atoms with Crippen LogP contribution in [0, 0.1) is 11.3 Å². The Labute approximate surface area is 88.3 Å². The van der Waals surface area contributed by atoms with E-state index in [2.05, 4.69) is 18.3 Å². The molecule has 1 rings (SSSR count). The normalized spacial score (nSPS) is 12.4. The number of nitrogens with one attached hydrogen (secondary N) is 1. The van der Waals surface area contributed by atoms with E-state index >= 15 is 0 Å². The predicted octanol–water partition coefficient (Wildman–Crippen LogP) is 1.74. The van der Waals surface area contributed by atoms with Gasteiger partial charge in [0.2, 0.25) is 0 Å². The largest absolute Gasteiger partial charge is 0.383 e. The van der Waals surface area contributed by atoms with Crippen molar-refractivity contribution in [3.63, 3.8) is 0 Å². The fourth-order valence-electron chi connectivity index (χ4n) is 1.12. The van der Waals surface area contributed by atoms with Crippen molar-refractivity contribution >= 4 is 11.3 Å². The Morgan fingerprint density at radius 3 is 3.07 bits per heavy atom. The van der Waals surface area contributed by atoms with Crippen LogP contribution in [0.4, 0.5) is 0 Å². The van der Waals surface area contributed by atoms with E-state index in [1.165, 1.54) is 4.88 Å². The van der Waals surface area contributed by atoms with Crippen LogP contribution >= 0.6 is 11.3 Å². The average molecular weight is 210 g/mol. The molecule has 0 aliphatic carbocycles. The molecule has 0 radical (unpaired) electrons. The zero-order chi connectivity index (χ0) is 10.4.